The number of hydrogen-bond donors (Lipinski definition) is 2. The summed E-state index contributed by atoms with van der Waals surface area (Å²) in [6.07, 6.45) is 0.623. The van der Waals surface area contributed by atoms with Crippen LogP contribution in [0.25, 0.3) is 0 Å². The molecule has 0 saturated heterocycles. The smallest absolute Gasteiger partial charge is 0.251 e. The largest absolute Gasteiger partial charge is 0.357 e. The lowest BCUT2D eigenvalue weighted by atomic mass is 10.0. The van der Waals surface area contributed by atoms with E-state index in [0.29, 0.717) is 17.9 Å². The molecule has 0 aliphatic carbocycles. The van der Waals surface area contributed by atoms with E-state index >= 15 is 0 Å². The summed E-state index contributed by atoms with van der Waals surface area (Å²) in [5.74, 6) is -0.0406. The van der Waals surface area contributed by atoms with Crippen LogP contribution >= 0.6 is 0 Å². The maximum absolute atomic E-state index is 12.0. The first-order chi connectivity index (χ1) is 8.54. The summed E-state index contributed by atoms with van der Waals surface area (Å²) in [6, 6.07) is 8.42. The van der Waals surface area contributed by atoms with Gasteiger partial charge in [0.05, 0.1) is 0 Å². The summed E-state index contributed by atoms with van der Waals surface area (Å²) in [4.78, 5) is 23.7. The molecular weight excluding hydrogens is 228 g/mol. The van der Waals surface area contributed by atoms with E-state index in [4.69, 9.17) is 0 Å². The van der Waals surface area contributed by atoms with Crippen LogP contribution in [0.15, 0.2) is 30.3 Å². The van der Waals surface area contributed by atoms with Gasteiger partial charge in [-0.2, -0.15) is 0 Å². The van der Waals surface area contributed by atoms with Gasteiger partial charge in [-0.1, -0.05) is 32.0 Å². The quantitative estimate of drug-likeness (QED) is 0.831. The third-order valence-electron chi connectivity index (χ3n) is 2.61. The van der Waals surface area contributed by atoms with Crippen LogP contribution in [0.3, 0.4) is 0 Å². The van der Waals surface area contributed by atoms with Crippen molar-refractivity contribution in [3.63, 3.8) is 0 Å². The Morgan fingerprint density at radius 1 is 1.17 bits per heavy atom. The Morgan fingerprint density at radius 2 is 1.78 bits per heavy atom. The molecule has 0 saturated carbocycles. The molecule has 98 valence electrons. The molecule has 2 N–H and O–H groups in total. The molecule has 1 aromatic carbocycles. The number of carbonyl (C=O) groups excluding carboxylic acids is 2. The summed E-state index contributed by atoms with van der Waals surface area (Å²) in [6.45, 7) is 4.04. The van der Waals surface area contributed by atoms with Crippen molar-refractivity contribution in [2.24, 2.45) is 5.92 Å². The van der Waals surface area contributed by atoms with Crippen LogP contribution < -0.4 is 10.6 Å². The molecule has 1 rings (SSSR count). The van der Waals surface area contributed by atoms with Crippen molar-refractivity contribution in [3.8, 4) is 0 Å². The lowest BCUT2D eigenvalue weighted by Crippen LogP contribution is -2.46. The minimum Gasteiger partial charge on any atom is -0.357 e. The predicted molar refractivity (Wildman–Crippen MR) is 71.2 cm³/mol. The van der Waals surface area contributed by atoms with Gasteiger partial charge in [0.1, 0.15) is 6.04 Å². The molecule has 0 aliphatic heterocycles. The molecule has 1 aromatic rings. The van der Waals surface area contributed by atoms with E-state index < -0.39 is 6.04 Å². The molecule has 0 aromatic heterocycles. The highest BCUT2D eigenvalue weighted by atomic mass is 16.2. The minimum atomic E-state index is -0.484. The SMILES string of the molecule is CNC(=O)C(CC(C)C)NC(=O)c1ccccc1. The fourth-order valence-electron chi connectivity index (χ4n) is 1.71. The summed E-state index contributed by atoms with van der Waals surface area (Å²) >= 11 is 0. The first kappa shape index (κ1) is 14.2. The Kier molecular flexibility index (Phi) is 5.36. The third kappa shape index (κ3) is 4.20. The lowest BCUT2D eigenvalue weighted by Gasteiger charge is -2.19. The molecule has 4 heteroatoms. The normalized spacial score (nSPS) is 12.0. The van der Waals surface area contributed by atoms with E-state index in [2.05, 4.69) is 10.6 Å². The Balaban J connectivity index is 2.71. The van der Waals surface area contributed by atoms with Crippen molar-refractivity contribution in [3.05, 3.63) is 35.9 Å². The van der Waals surface area contributed by atoms with Crippen LogP contribution in [0.4, 0.5) is 0 Å². The van der Waals surface area contributed by atoms with Crippen LogP contribution in [0.5, 0.6) is 0 Å². The summed E-state index contributed by atoms with van der Waals surface area (Å²) in [5.41, 5.74) is 0.565. The number of hydrogen-bond acceptors (Lipinski definition) is 2. The van der Waals surface area contributed by atoms with E-state index in [0.717, 1.165) is 0 Å². The molecule has 18 heavy (non-hydrogen) atoms. The Hall–Kier alpha value is -1.84. The van der Waals surface area contributed by atoms with Gasteiger partial charge >= 0.3 is 0 Å². The first-order valence-electron chi connectivity index (χ1n) is 6.12. The second-order valence-corrected chi connectivity index (χ2v) is 4.64. The van der Waals surface area contributed by atoms with Gasteiger partial charge < -0.3 is 10.6 Å². The second kappa shape index (κ2) is 6.79. The van der Waals surface area contributed by atoms with E-state index in [-0.39, 0.29) is 11.8 Å². The van der Waals surface area contributed by atoms with E-state index in [1.165, 1.54) is 0 Å². The van der Waals surface area contributed by atoms with E-state index in [9.17, 15) is 9.59 Å². The highest BCUT2D eigenvalue weighted by Crippen LogP contribution is 2.06. The van der Waals surface area contributed by atoms with Gasteiger partial charge in [-0.15, -0.1) is 0 Å². The van der Waals surface area contributed by atoms with Gasteiger partial charge in [-0.05, 0) is 24.5 Å². The van der Waals surface area contributed by atoms with Crippen molar-refractivity contribution in [2.75, 3.05) is 7.05 Å². The van der Waals surface area contributed by atoms with Gasteiger partial charge in [0.15, 0.2) is 0 Å². The fraction of sp³-hybridized carbons (Fsp3) is 0.429. The maximum Gasteiger partial charge on any atom is 0.251 e. The molecule has 0 bridgehead atoms. The highest BCUT2D eigenvalue weighted by molar-refractivity contribution is 5.97. The Labute approximate surface area is 108 Å². The molecule has 4 nitrogen and oxygen atoms in total. The van der Waals surface area contributed by atoms with Crippen LogP contribution in [0.1, 0.15) is 30.6 Å². The van der Waals surface area contributed by atoms with Crippen LogP contribution in [0, 0.1) is 5.92 Å². The molecule has 1 atom stereocenters. The summed E-state index contributed by atoms with van der Waals surface area (Å²) in [5, 5.41) is 5.34. The highest BCUT2D eigenvalue weighted by Gasteiger charge is 2.21. The second-order valence-electron chi connectivity index (χ2n) is 4.64. The summed E-state index contributed by atoms with van der Waals surface area (Å²) < 4.78 is 0. The van der Waals surface area contributed by atoms with Crippen molar-refractivity contribution >= 4 is 11.8 Å². The molecule has 2 amide bonds. The number of likely N-dealkylation sites (N-methyl/N-ethyl adjacent to an activating group) is 1. The number of nitrogens with one attached hydrogen (secondary N) is 2. The van der Waals surface area contributed by atoms with Crippen LogP contribution in [-0.2, 0) is 4.79 Å². The average Bonchev–Trinajstić information content (AvgIpc) is 2.37. The van der Waals surface area contributed by atoms with Gasteiger partial charge in [-0.25, -0.2) is 0 Å². The topological polar surface area (TPSA) is 58.2 Å². The number of amides is 2. The lowest BCUT2D eigenvalue weighted by molar-refractivity contribution is -0.122. The average molecular weight is 248 g/mol. The van der Waals surface area contributed by atoms with Crippen molar-refractivity contribution in [2.45, 2.75) is 26.3 Å². The van der Waals surface area contributed by atoms with E-state index in [1.54, 1.807) is 31.3 Å². The molecular formula is C14H20N2O2. The van der Waals surface area contributed by atoms with Crippen LogP contribution in [-0.4, -0.2) is 24.9 Å². The summed E-state index contributed by atoms with van der Waals surface area (Å²) in [7, 11) is 1.57. The first-order valence-corrected chi connectivity index (χ1v) is 6.12. The van der Waals surface area contributed by atoms with Gasteiger partial charge in [-0.3, -0.25) is 9.59 Å². The van der Waals surface area contributed by atoms with Gasteiger partial charge in [0, 0.05) is 12.6 Å². The van der Waals surface area contributed by atoms with Crippen molar-refractivity contribution in [1.82, 2.24) is 10.6 Å². The van der Waals surface area contributed by atoms with Crippen molar-refractivity contribution < 1.29 is 9.59 Å². The monoisotopic (exact) mass is 248 g/mol. The Morgan fingerprint density at radius 3 is 2.28 bits per heavy atom. The Bertz CT molecular complexity index is 402. The zero-order valence-corrected chi connectivity index (χ0v) is 11.1. The number of carbonyl (C=O) groups is 2. The maximum atomic E-state index is 12.0. The molecule has 0 aliphatic rings. The fourth-order valence-corrected chi connectivity index (χ4v) is 1.71. The predicted octanol–water partition coefficient (Wildman–Crippen LogP) is 1.58. The molecule has 0 heterocycles. The molecule has 1 unspecified atom stereocenters. The zero-order valence-electron chi connectivity index (χ0n) is 11.1. The number of benzene rings is 1. The molecule has 0 spiro atoms. The minimum absolute atomic E-state index is 0.159. The van der Waals surface area contributed by atoms with Crippen LogP contribution in [0.2, 0.25) is 0 Å². The standard InChI is InChI=1S/C14H20N2O2/c1-10(2)9-12(14(18)15-3)16-13(17)11-7-5-4-6-8-11/h4-8,10,12H,9H2,1-3H3,(H,15,18)(H,16,17). The third-order valence-corrected chi connectivity index (χ3v) is 2.61. The number of rotatable bonds is 5. The molecule has 0 fully saturated rings. The zero-order chi connectivity index (χ0) is 13.5. The van der Waals surface area contributed by atoms with Gasteiger partial charge in [0.25, 0.3) is 5.91 Å². The van der Waals surface area contributed by atoms with E-state index in [1.807, 2.05) is 19.9 Å². The molecule has 0 radical (unpaired) electrons. The van der Waals surface area contributed by atoms with Gasteiger partial charge in [0.2, 0.25) is 5.91 Å². The van der Waals surface area contributed by atoms with Crippen molar-refractivity contribution in [1.29, 1.82) is 0 Å².